The molecule has 5 nitrogen and oxygen atoms in total. The van der Waals surface area contributed by atoms with Crippen LogP contribution in [0.5, 0.6) is 5.75 Å². The molecular formula is C20H22ClNO4. The minimum Gasteiger partial charge on any atom is -0.481 e. The molecule has 0 aromatic heterocycles. The van der Waals surface area contributed by atoms with Crippen LogP contribution in [0, 0.1) is 6.92 Å². The van der Waals surface area contributed by atoms with Gasteiger partial charge >= 0.3 is 5.97 Å². The first-order valence-electron chi connectivity index (χ1n) is 8.45. The van der Waals surface area contributed by atoms with Crippen molar-refractivity contribution in [1.82, 2.24) is 0 Å². The van der Waals surface area contributed by atoms with Gasteiger partial charge in [-0.1, -0.05) is 36.2 Å². The first-order chi connectivity index (χ1) is 12.4. The van der Waals surface area contributed by atoms with Gasteiger partial charge in [-0.3, -0.25) is 4.79 Å². The number of esters is 1. The second kappa shape index (κ2) is 9.25. The summed E-state index contributed by atoms with van der Waals surface area (Å²) < 4.78 is 10.7. The monoisotopic (exact) mass is 375 g/mol. The molecule has 138 valence electrons. The lowest BCUT2D eigenvalue weighted by Crippen LogP contribution is -2.32. The Bertz CT molecular complexity index is 774. The largest absolute Gasteiger partial charge is 0.481 e. The van der Waals surface area contributed by atoms with Crippen LogP contribution in [-0.4, -0.2) is 24.6 Å². The van der Waals surface area contributed by atoms with E-state index in [9.17, 15) is 9.59 Å². The number of rotatable bonds is 7. The summed E-state index contributed by atoms with van der Waals surface area (Å²) in [6.07, 6.45) is -0.129. The minimum atomic E-state index is -0.638. The Morgan fingerprint density at radius 1 is 1.12 bits per heavy atom. The SMILES string of the molecule is CCOC(=O)c1ccc(NC(=O)[C@H](CC)Oc2ccc(C)cc2)cc1Cl. The summed E-state index contributed by atoms with van der Waals surface area (Å²) >= 11 is 6.12. The van der Waals surface area contributed by atoms with Crippen molar-refractivity contribution in [1.29, 1.82) is 0 Å². The Balaban J connectivity index is 2.06. The molecule has 0 fully saturated rings. The summed E-state index contributed by atoms with van der Waals surface area (Å²) in [5.41, 5.74) is 1.86. The average molecular weight is 376 g/mol. The van der Waals surface area contributed by atoms with E-state index in [1.165, 1.54) is 12.1 Å². The molecule has 0 aliphatic carbocycles. The number of nitrogens with one attached hydrogen (secondary N) is 1. The lowest BCUT2D eigenvalue weighted by Gasteiger charge is -2.17. The van der Waals surface area contributed by atoms with Gasteiger partial charge in [0.25, 0.3) is 5.91 Å². The maximum Gasteiger partial charge on any atom is 0.339 e. The topological polar surface area (TPSA) is 64.6 Å². The van der Waals surface area contributed by atoms with Crippen LogP contribution < -0.4 is 10.1 Å². The van der Waals surface area contributed by atoms with Crippen molar-refractivity contribution < 1.29 is 19.1 Å². The summed E-state index contributed by atoms with van der Waals surface area (Å²) in [5, 5.41) is 2.98. The molecule has 1 amide bonds. The zero-order chi connectivity index (χ0) is 19.1. The molecule has 0 saturated carbocycles. The molecule has 0 aliphatic heterocycles. The van der Waals surface area contributed by atoms with Crippen molar-refractivity contribution in [2.24, 2.45) is 0 Å². The molecule has 0 spiro atoms. The molecule has 1 N–H and O–H groups in total. The van der Waals surface area contributed by atoms with Gasteiger partial charge in [0, 0.05) is 5.69 Å². The van der Waals surface area contributed by atoms with E-state index in [1.54, 1.807) is 13.0 Å². The summed E-state index contributed by atoms with van der Waals surface area (Å²) in [4.78, 5) is 24.2. The highest BCUT2D eigenvalue weighted by Gasteiger charge is 2.19. The smallest absolute Gasteiger partial charge is 0.339 e. The number of anilines is 1. The van der Waals surface area contributed by atoms with E-state index in [4.69, 9.17) is 21.1 Å². The molecule has 0 heterocycles. The van der Waals surface area contributed by atoms with Crippen LogP contribution in [0.25, 0.3) is 0 Å². The van der Waals surface area contributed by atoms with Gasteiger partial charge in [-0.25, -0.2) is 4.79 Å². The van der Waals surface area contributed by atoms with Crippen LogP contribution in [0.1, 0.15) is 36.2 Å². The van der Waals surface area contributed by atoms with E-state index >= 15 is 0 Å². The second-order valence-corrected chi connectivity index (χ2v) is 6.14. The number of carbonyl (C=O) groups is 2. The van der Waals surface area contributed by atoms with E-state index in [-0.39, 0.29) is 23.1 Å². The van der Waals surface area contributed by atoms with Crippen molar-refractivity contribution in [3.05, 3.63) is 58.6 Å². The summed E-state index contributed by atoms with van der Waals surface area (Å²) in [6.45, 7) is 5.84. The number of carbonyl (C=O) groups excluding carboxylic acids is 2. The van der Waals surface area contributed by atoms with Crippen LogP contribution in [0.4, 0.5) is 5.69 Å². The standard InChI is InChI=1S/C20H22ClNO4/c1-4-18(26-15-9-6-13(3)7-10-15)19(23)22-14-8-11-16(17(21)12-14)20(24)25-5-2/h6-12,18H,4-5H2,1-3H3,(H,22,23)/t18-/m0/s1. The van der Waals surface area contributed by atoms with Crippen LogP contribution >= 0.6 is 11.6 Å². The van der Waals surface area contributed by atoms with E-state index in [1.807, 2.05) is 38.1 Å². The third-order valence-corrected chi connectivity index (χ3v) is 4.01. The zero-order valence-electron chi connectivity index (χ0n) is 15.0. The predicted octanol–water partition coefficient (Wildman–Crippen LogP) is 4.62. The van der Waals surface area contributed by atoms with E-state index in [0.717, 1.165) is 5.56 Å². The summed E-state index contributed by atoms with van der Waals surface area (Å²) in [6, 6.07) is 12.2. The Kier molecular flexibility index (Phi) is 7.04. The fraction of sp³-hybridized carbons (Fsp3) is 0.300. The molecule has 0 bridgehead atoms. The molecule has 2 rings (SSSR count). The first-order valence-corrected chi connectivity index (χ1v) is 8.83. The Morgan fingerprint density at radius 3 is 2.38 bits per heavy atom. The molecule has 0 unspecified atom stereocenters. The number of amides is 1. The number of aryl methyl sites for hydroxylation is 1. The van der Waals surface area contributed by atoms with Gasteiger partial charge in [0.05, 0.1) is 17.2 Å². The zero-order valence-corrected chi connectivity index (χ0v) is 15.8. The molecular weight excluding hydrogens is 354 g/mol. The van der Waals surface area contributed by atoms with Crippen LogP contribution in [0.2, 0.25) is 5.02 Å². The van der Waals surface area contributed by atoms with Gasteiger partial charge in [-0.05, 0) is 50.6 Å². The van der Waals surface area contributed by atoms with Crippen molar-refractivity contribution >= 4 is 29.2 Å². The normalized spacial score (nSPS) is 11.5. The van der Waals surface area contributed by atoms with Crippen LogP contribution in [-0.2, 0) is 9.53 Å². The summed E-state index contributed by atoms with van der Waals surface area (Å²) in [7, 11) is 0. The van der Waals surface area contributed by atoms with E-state index < -0.39 is 12.1 Å². The highest BCUT2D eigenvalue weighted by Crippen LogP contribution is 2.23. The number of benzene rings is 2. The number of hydrogen-bond donors (Lipinski definition) is 1. The molecule has 1 atom stereocenters. The minimum absolute atomic E-state index is 0.216. The molecule has 2 aromatic carbocycles. The number of hydrogen-bond acceptors (Lipinski definition) is 4. The molecule has 6 heteroatoms. The third-order valence-electron chi connectivity index (χ3n) is 3.69. The summed E-state index contributed by atoms with van der Waals surface area (Å²) in [5.74, 6) is -0.147. The van der Waals surface area contributed by atoms with Gasteiger partial charge < -0.3 is 14.8 Å². The highest BCUT2D eigenvalue weighted by atomic mass is 35.5. The molecule has 0 aliphatic rings. The molecule has 0 saturated heterocycles. The Labute approximate surface area is 158 Å². The second-order valence-electron chi connectivity index (χ2n) is 5.73. The molecule has 2 aromatic rings. The fourth-order valence-corrected chi connectivity index (χ4v) is 2.55. The van der Waals surface area contributed by atoms with E-state index in [0.29, 0.717) is 17.9 Å². The Hall–Kier alpha value is -2.53. The van der Waals surface area contributed by atoms with Crippen molar-refractivity contribution in [3.8, 4) is 5.75 Å². The quantitative estimate of drug-likeness (QED) is 0.717. The van der Waals surface area contributed by atoms with Gasteiger partial charge in [0.1, 0.15) is 5.75 Å². The van der Waals surface area contributed by atoms with Gasteiger partial charge in [-0.2, -0.15) is 0 Å². The average Bonchev–Trinajstić information content (AvgIpc) is 2.61. The lowest BCUT2D eigenvalue weighted by atomic mass is 10.2. The molecule has 0 radical (unpaired) electrons. The first kappa shape index (κ1) is 19.8. The Morgan fingerprint density at radius 2 is 1.81 bits per heavy atom. The van der Waals surface area contributed by atoms with Crippen LogP contribution in [0.3, 0.4) is 0 Å². The number of ether oxygens (including phenoxy) is 2. The highest BCUT2D eigenvalue weighted by molar-refractivity contribution is 6.34. The lowest BCUT2D eigenvalue weighted by molar-refractivity contribution is -0.122. The van der Waals surface area contributed by atoms with Gasteiger partial charge in [0.2, 0.25) is 0 Å². The predicted molar refractivity (Wildman–Crippen MR) is 102 cm³/mol. The van der Waals surface area contributed by atoms with Crippen molar-refractivity contribution in [3.63, 3.8) is 0 Å². The third kappa shape index (κ3) is 5.23. The fourth-order valence-electron chi connectivity index (χ4n) is 2.29. The van der Waals surface area contributed by atoms with Gasteiger partial charge in [0.15, 0.2) is 6.10 Å². The van der Waals surface area contributed by atoms with Crippen molar-refractivity contribution in [2.75, 3.05) is 11.9 Å². The maximum absolute atomic E-state index is 12.5. The maximum atomic E-state index is 12.5. The van der Waals surface area contributed by atoms with Crippen molar-refractivity contribution in [2.45, 2.75) is 33.3 Å². The van der Waals surface area contributed by atoms with E-state index in [2.05, 4.69) is 5.32 Å². The van der Waals surface area contributed by atoms with Gasteiger partial charge in [-0.15, -0.1) is 0 Å². The van der Waals surface area contributed by atoms with Crippen LogP contribution in [0.15, 0.2) is 42.5 Å². The number of halogens is 1. The molecule has 26 heavy (non-hydrogen) atoms.